The van der Waals surface area contributed by atoms with Crippen LogP contribution in [-0.4, -0.2) is 33.1 Å². The highest BCUT2D eigenvalue weighted by molar-refractivity contribution is 5.33. The van der Waals surface area contributed by atoms with Crippen molar-refractivity contribution >= 4 is 0 Å². The molecule has 12 atom stereocenters. The second-order valence-electron chi connectivity index (χ2n) is 13.7. The van der Waals surface area contributed by atoms with E-state index in [-0.39, 0.29) is 5.41 Å². The van der Waals surface area contributed by atoms with Crippen LogP contribution in [0, 0.1) is 58.2 Å². The number of aliphatic hydroxyl groups is 3. The minimum atomic E-state index is -1.19. The second-order valence-corrected chi connectivity index (χ2v) is 13.7. The highest BCUT2D eigenvalue weighted by Gasteiger charge is 2.65. The highest BCUT2D eigenvalue weighted by atomic mass is 16.3. The summed E-state index contributed by atoms with van der Waals surface area (Å²) < 4.78 is 0. The molecule has 0 bridgehead atoms. The Kier molecular flexibility index (Phi) is 5.52. The average molecular weight is 445 g/mol. The normalized spacial score (nSPS) is 54.3. The lowest BCUT2D eigenvalue weighted by atomic mass is 9.45. The van der Waals surface area contributed by atoms with Crippen molar-refractivity contribution in [2.75, 3.05) is 0 Å². The SMILES string of the molecule is CC(C)[C@@H](C)[C@H]1C[C@@H]1[C@@H](C)[C@H]1CC[C@H]2C3=CC(O)C4(O)CC(O)CC[C@]4(C)[C@H]3CC[C@]12C. The molecule has 0 aliphatic heterocycles. The van der Waals surface area contributed by atoms with Crippen LogP contribution in [0.1, 0.15) is 92.9 Å². The van der Waals surface area contributed by atoms with E-state index in [1.165, 1.54) is 31.3 Å². The van der Waals surface area contributed by atoms with Crippen LogP contribution in [-0.2, 0) is 0 Å². The Labute approximate surface area is 196 Å². The third-order valence-corrected chi connectivity index (χ3v) is 12.3. The van der Waals surface area contributed by atoms with Gasteiger partial charge in [-0.25, -0.2) is 0 Å². The topological polar surface area (TPSA) is 60.7 Å². The van der Waals surface area contributed by atoms with Crippen molar-refractivity contribution in [1.82, 2.24) is 0 Å². The van der Waals surface area contributed by atoms with E-state index in [9.17, 15) is 15.3 Å². The first-order chi connectivity index (χ1) is 14.9. The van der Waals surface area contributed by atoms with Crippen LogP contribution in [0.2, 0.25) is 0 Å². The molecule has 182 valence electrons. The van der Waals surface area contributed by atoms with Crippen LogP contribution in [0.4, 0.5) is 0 Å². The first kappa shape index (κ1) is 23.4. The van der Waals surface area contributed by atoms with Crippen LogP contribution in [0.15, 0.2) is 11.6 Å². The predicted molar refractivity (Wildman–Crippen MR) is 129 cm³/mol. The molecule has 4 saturated carbocycles. The van der Waals surface area contributed by atoms with Gasteiger partial charge in [0.05, 0.1) is 6.10 Å². The van der Waals surface area contributed by atoms with E-state index in [4.69, 9.17) is 0 Å². The minimum absolute atomic E-state index is 0.309. The lowest BCUT2D eigenvalue weighted by Gasteiger charge is -2.62. The quantitative estimate of drug-likeness (QED) is 0.496. The molecule has 0 aromatic rings. The largest absolute Gasteiger partial charge is 0.393 e. The van der Waals surface area contributed by atoms with E-state index < -0.39 is 17.8 Å². The molecule has 5 aliphatic rings. The summed E-state index contributed by atoms with van der Waals surface area (Å²) >= 11 is 0. The number of hydrogen-bond donors (Lipinski definition) is 3. The molecule has 3 N–H and O–H groups in total. The predicted octanol–water partition coefficient (Wildman–Crippen LogP) is 5.58. The Bertz CT molecular complexity index is 774. The molecule has 5 rings (SSSR count). The van der Waals surface area contributed by atoms with Crippen LogP contribution >= 0.6 is 0 Å². The molecule has 32 heavy (non-hydrogen) atoms. The Morgan fingerprint density at radius 2 is 1.62 bits per heavy atom. The molecule has 0 heterocycles. The number of rotatable bonds is 4. The molecular formula is C29H48O3. The van der Waals surface area contributed by atoms with E-state index in [2.05, 4.69) is 47.6 Å². The van der Waals surface area contributed by atoms with E-state index in [1.54, 1.807) is 0 Å². The van der Waals surface area contributed by atoms with Gasteiger partial charge in [0.25, 0.3) is 0 Å². The number of fused-ring (bicyclic) bond motifs is 5. The monoisotopic (exact) mass is 444 g/mol. The maximum absolute atomic E-state index is 11.6. The molecule has 0 amide bonds. The van der Waals surface area contributed by atoms with Crippen molar-refractivity contribution in [3.05, 3.63) is 11.6 Å². The van der Waals surface area contributed by atoms with Gasteiger partial charge < -0.3 is 15.3 Å². The van der Waals surface area contributed by atoms with E-state index in [0.717, 1.165) is 54.8 Å². The summed E-state index contributed by atoms with van der Waals surface area (Å²) in [6, 6.07) is 0. The van der Waals surface area contributed by atoms with Gasteiger partial charge >= 0.3 is 0 Å². The molecule has 3 unspecified atom stereocenters. The van der Waals surface area contributed by atoms with Gasteiger partial charge in [-0.15, -0.1) is 0 Å². The van der Waals surface area contributed by atoms with E-state index in [0.29, 0.717) is 23.7 Å². The standard InChI is InChI=1S/C29H48O3/c1-16(2)17(3)20-13-21(20)18(4)23-7-8-24-22-14-26(31)29(32)15-19(30)9-12-28(29,6)25(22)10-11-27(23,24)5/h14,16-21,23-26,30-32H,7-13,15H2,1-6H3/t17-,18-,19?,20-,21-,23-,24+,25+,26?,27-,28-,29?/m1/s1. The number of hydrogen-bond acceptors (Lipinski definition) is 3. The molecule has 0 radical (unpaired) electrons. The molecule has 0 aromatic carbocycles. The highest BCUT2D eigenvalue weighted by Crippen LogP contribution is 2.69. The van der Waals surface area contributed by atoms with Gasteiger partial charge in [-0.2, -0.15) is 0 Å². The molecule has 3 nitrogen and oxygen atoms in total. The lowest BCUT2D eigenvalue weighted by molar-refractivity contribution is -0.210. The van der Waals surface area contributed by atoms with Crippen LogP contribution < -0.4 is 0 Å². The Balaban J connectivity index is 1.40. The molecule has 4 fully saturated rings. The summed E-state index contributed by atoms with van der Waals surface area (Å²) in [4.78, 5) is 0. The van der Waals surface area contributed by atoms with E-state index in [1.807, 2.05) is 0 Å². The summed E-state index contributed by atoms with van der Waals surface area (Å²) in [6.45, 7) is 14.5. The van der Waals surface area contributed by atoms with Crippen molar-refractivity contribution in [2.24, 2.45) is 58.2 Å². The summed E-state index contributed by atoms with van der Waals surface area (Å²) in [6.07, 6.45) is 8.93. The van der Waals surface area contributed by atoms with Crippen LogP contribution in [0.5, 0.6) is 0 Å². The third kappa shape index (κ3) is 3.09. The van der Waals surface area contributed by atoms with Crippen LogP contribution in [0.25, 0.3) is 0 Å². The van der Waals surface area contributed by atoms with E-state index >= 15 is 0 Å². The van der Waals surface area contributed by atoms with Crippen molar-refractivity contribution < 1.29 is 15.3 Å². The number of allylic oxidation sites excluding steroid dienone is 1. The van der Waals surface area contributed by atoms with Gasteiger partial charge in [0.1, 0.15) is 11.7 Å². The molecular weight excluding hydrogens is 396 g/mol. The fourth-order valence-corrected chi connectivity index (χ4v) is 9.69. The Hall–Kier alpha value is -0.380. The maximum Gasteiger partial charge on any atom is 0.102 e. The lowest BCUT2D eigenvalue weighted by Crippen LogP contribution is -2.65. The van der Waals surface area contributed by atoms with Gasteiger partial charge in [0, 0.05) is 11.8 Å². The first-order valence-corrected chi connectivity index (χ1v) is 13.7. The zero-order valence-corrected chi connectivity index (χ0v) is 21.3. The fraction of sp³-hybridized carbons (Fsp3) is 0.931. The third-order valence-electron chi connectivity index (χ3n) is 12.3. The fourth-order valence-electron chi connectivity index (χ4n) is 9.69. The minimum Gasteiger partial charge on any atom is -0.393 e. The molecule has 3 heteroatoms. The van der Waals surface area contributed by atoms with Crippen molar-refractivity contribution in [2.45, 2.75) is 111 Å². The van der Waals surface area contributed by atoms with Crippen molar-refractivity contribution in [3.8, 4) is 0 Å². The zero-order chi connectivity index (χ0) is 23.2. The van der Waals surface area contributed by atoms with Gasteiger partial charge in [-0.05, 0) is 97.7 Å². The number of aliphatic hydroxyl groups excluding tert-OH is 2. The van der Waals surface area contributed by atoms with Gasteiger partial charge in [-0.3, -0.25) is 0 Å². The smallest absolute Gasteiger partial charge is 0.102 e. The van der Waals surface area contributed by atoms with Gasteiger partial charge in [0.15, 0.2) is 0 Å². The summed E-state index contributed by atoms with van der Waals surface area (Å²) in [5.41, 5.74) is 0.281. The summed E-state index contributed by atoms with van der Waals surface area (Å²) in [7, 11) is 0. The molecule has 0 saturated heterocycles. The Morgan fingerprint density at radius 3 is 2.31 bits per heavy atom. The second kappa shape index (κ2) is 7.56. The summed E-state index contributed by atoms with van der Waals surface area (Å²) in [5.74, 6) is 5.91. The average Bonchev–Trinajstić information content (AvgIpc) is 3.44. The molecule has 0 spiro atoms. The Morgan fingerprint density at radius 1 is 0.906 bits per heavy atom. The van der Waals surface area contributed by atoms with Crippen molar-refractivity contribution in [1.29, 1.82) is 0 Å². The van der Waals surface area contributed by atoms with Gasteiger partial charge in [0.2, 0.25) is 0 Å². The summed E-state index contributed by atoms with van der Waals surface area (Å²) in [5, 5.41) is 33.1. The first-order valence-electron chi connectivity index (χ1n) is 13.7. The molecule has 5 aliphatic carbocycles. The zero-order valence-electron chi connectivity index (χ0n) is 21.3. The van der Waals surface area contributed by atoms with Crippen molar-refractivity contribution in [3.63, 3.8) is 0 Å². The maximum atomic E-state index is 11.6. The van der Waals surface area contributed by atoms with Gasteiger partial charge in [-0.1, -0.05) is 53.2 Å². The molecule has 0 aromatic heterocycles. The van der Waals surface area contributed by atoms with Crippen LogP contribution in [0.3, 0.4) is 0 Å².